The summed E-state index contributed by atoms with van der Waals surface area (Å²) < 4.78 is 1.75. The topological polar surface area (TPSA) is 43.1 Å². The van der Waals surface area contributed by atoms with Crippen molar-refractivity contribution in [3.05, 3.63) is 48.7 Å². The van der Waals surface area contributed by atoms with Crippen LogP contribution in [-0.2, 0) is 0 Å². The molecule has 4 heteroatoms. The first-order valence-electron chi connectivity index (χ1n) is 5.55. The van der Waals surface area contributed by atoms with Crippen LogP contribution in [0.15, 0.2) is 43.0 Å². The van der Waals surface area contributed by atoms with Gasteiger partial charge in [-0.1, -0.05) is 5.92 Å². The lowest BCUT2D eigenvalue weighted by Crippen LogP contribution is -1.91. The van der Waals surface area contributed by atoms with Crippen LogP contribution in [0.5, 0.6) is 0 Å². The Morgan fingerprint density at radius 2 is 2.00 bits per heavy atom. The van der Waals surface area contributed by atoms with Crippen molar-refractivity contribution in [3.63, 3.8) is 0 Å². The highest BCUT2D eigenvalue weighted by Gasteiger charge is 2.03. The SMILES string of the molecule is CC#Cc1cc2ncc(-c3ccncc3)cn2n1. The van der Waals surface area contributed by atoms with E-state index in [1.165, 1.54) is 0 Å². The van der Waals surface area contributed by atoms with Gasteiger partial charge in [0.1, 0.15) is 5.69 Å². The van der Waals surface area contributed by atoms with Gasteiger partial charge in [0, 0.05) is 36.4 Å². The molecule has 4 nitrogen and oxygen atoms in total. The molecule has 0 amide bonds. The van der Waals surface area contributed by atoms with E-state index in [-0.39, 0.29) is 0 Å². The summed E-state index contributed by atoms with van der Waals surface area (Å²) in [6, 6.07) is 5.76. The number of nitrogens with zero attached hydrogens (tertiary/aromatic N) is 4. The molecule has 0 aliphatic rings. The lowest BCUT2D eigenvalue weighted by molar-refractivity contribution is 0.934. The quantitative estimate of drug-likeness (QED) is 0.606. The molecule has 3 rings (SSSR count). The van der Waals surface area contributed by atoms with Gasteiger partial charge in [0.2, 0.25) is 0 Å². The fourth-order valence-corrected chi connectivity index (χ4v) is 1.76. The third-order valence-corrected chi connectivity index (χ3v) is 2.58. The van der Waals surface area contributed by atoms with Crippen molar-refractivity contribution < 1.29 is 0 Å². The van der Waals surface area contributed by atoms with Gasteiger partial charge in [0.05, 0.1) is 0 Å². The van der Waals surface area contributed by atoms with Crippen LogP contribution in [0.2, 0.25) is 0 Å². The smallest absolute Gasteiger partial charge is 0.156 e. The van der Waals surface area contributed by atoms with Crippen LogP contribution in [-0.4, -0.2) is 19.6 Å². The second-order valence-electron chi connectivity index (χ2n) is 3.79. The van der Waals surface area contributed by atoms with Gasteiger partial charge < -0.3 is 0 Å². The van der Waals surface area contributed by atoms with Gasteiger partial charge in [-0.3, -0.25) is 4.98 Å². The summed E-state index contributed by atoms with van der Waals surface area (Å²) in [6.07, 6.45) is 7.29. The predicted molar refractivity (Wildman–Crippen MR) is 68.8 cm³/mol. The average molecular weight is 234 g/mol. The molecule has 0 saturated heterocycles. The van der Waals surface area contributed by atoms with E-state index in [2.05, 4.69) is 26.9 Å². The summed E-state index contributed by atoms with van der Waals surface area (Å²) in [7, 11) is 0. The maximum absolute atomic E-state index is 4.37. The molecule has 3 aromatic heterocycles. The molecule has 0 N–H and O–H groups in total. The van der Waals surface area contributed by atoms with Gasteiger partial charge in [-0.25, -0.2) is 9.50 Å². The van der Waals surface area contributed by atoms with Crippen LogP contribution < -0.4 is 0 Å². The molecule has 0 atom stereocenters. The van der Waals surface area contributed by atoms with E-state index >= 15 is 0 Å². The Morgan fingerprint density at radius 3 is 2.78 bits per heavy atom. The third kappa shape index (κ3) is 1.82. The van der Waals surface area contributed by atoms with Crippen molar-refractivity contribution in [2.24, 2.45) is 0 Å². The molecular formula is C14H10N4. The van der Waals surface area contributed by atoms with Crippen LogP contribution >= 0.6 is 0 Å². The van der Waals surface area contributed by atoms with Crippen molar-refractivity contribution in [3.8, 4) is 23.0 Å². The van der Waals surface area contributed by atoms with Crippen molar-refractivity contribution in [2.75, 3.05) is 0 Å². The molecule has 86 valence electrons. The average Bonchev–Trinajstić information content (AvgIpc) is 2.81. The normalized spacial score (nSPS) is 10.1. The monoisotopic (exact) mass is 234 g/mol. The van der Waals surface area contributed by atoms with Crippen LogP contribution in [0.4, 0.5) is 0 Å². The van der Waals surface area contributed by atoms with Crippen LogP contribution in [0.25, 0.3) is 16.8 Å². The summed E-state index contributed by atoms with van der Waals surface area (Å²) in [4.78, 5) is 8.37. The molecule has 0 fully saturated rings. The standard InChI is InChI=1S/C14H10N4/c1-2-3-13-8-14-16-9-12(10-18(14)17-13)11-4-6-15-7-5-11/h4-10H,1H3. The first kappa shape index (κ1) is 10.5. The predicted octanol–water partition coefficient (Wildman–Crippen LogP) is 2.16. The molecule has 0 radical (unpaired) electrons. The lowest BCUT2D eigenvalue weighted by Gasteiger charge is -2.00. The molecule has 0 spiro atoms. The zero-order chi connectivity index (χ0) is 12.4. The van der Waals surface area contributed by atoms with Crippen molar-refractivity contribution in [1.29, 1.82) is 0 Å². The van der Waals surface area contributed by atoms with Gasteiger partial charge in [0.15, 0.2) is 5.65 Å². The molecule has 0 unspecified atom stereocenters. The van der Waals surface area contributed by atoms with Crippen LogP contribution in [0, 0.1) is 11.8 Å². The molecule has 0 saturated carbocycles. The Hall–Kier alpha value is -2.67. The minimum Gasteiger partial charge on any atom is -0.265 e. The van der Waals surface area contributed by atoms with Crippen molar-refractivity contribution >= 4 is 5.65 Å². The fraction of sp³-hybridized carbons (Fsp3) is 0.0714. The first-order chi connectivity index (χ1) is 8.86. The number of hydrogen-bond acceptors (Lipinski definition) is 3. The highest BCUT2D eigenvalue weighted by atomic mass is 15.2. The number of rotatable bonds is 1. The van der Waals surface area contributed by atoms with E-state index in [4.69, 9.17) is 0 Å². The Kier molecular flexibility index (Phi) is 2.50. The van der Waals surface area contributed by atoms with Gasteiger partial charge in [0.25, 0.3) is 0 Å². The number of hydrogen-bond donors (Lipinski definition) is 0. The fourth-order valence-electron chi connectivity index (χ4n) is 1.76. The summed E-state index contributed by atoms with van der Waals surface area (Å²) >= 11 is 0. The van der Waals surface area contributed by atoms with Crippen LogP contribution in [0.3, 0.4) is 0 Å². The molecule has 0 aliphatic carbocycles. The van der Waals surface area contributed by atoms with E-state index in [0.717, 1.165) is 22.5 Å². The van der Waals surface area contributed by atoms with Crippen LogP contribution in [0.1, 0.15) is 12.6 Å². The molecule has 18 heavy (non-hydrogen) atoms. The Labute approximate surface area is 104 Å². The Morgan fingerprint density at radius 1 is 1.17 bits per heavy atom. The minimum atomic E-state index is 0.733. The molecule has 0 aromatic carbocycles. The third-order valence-electron chi connectivity index (χ3n) is 2.58. The van der Waals surface area contributed by atoms with E-state index in [1.807, 2.05) is 30.6 Å². The summed E-state index contributed by atoms with van der Waals surface area (Å²) in [5.74, 6) is 5.75. The van der Waals surface area contributed by atoms with Gasteiger partial charge in [-0.15, -0.1) is 0 Å². The number of pyridine rings is 1. The van der Waals surface area contributed by atoms with E-state index < -0.39 is 0 Å². The maximum atomic E-state index is 4.37. The molecule has 0 bridgehead atoms. The second kappa shape index (κ2) is 4.30. The highest BCUT2D eigenvalue weighted by Crippen LogP contribution is 2.17. The largest absolute Gasteiger partial charge is 0.265 e. The minimum absolute atomic E-state index is 0.733. The van der Waals surface area contributed by atoms with E-state index in [9.17, 15) is 0 Å². The Bertz CT molecular complexity index is 748. The second-order valence-corrected chi connectivity index (χ2v) is 3.79. The lowest BCUT2D eigenvalue weighted by atomic mass is 10.1. The van der Waals surface area contributed by atoms with Gasteiger partial charge in [-0.05, 0) is 30.5 Å². The summed E-state index contributed by atoms with van der Waals surface area (Å²) in [5.41, 5.74) is 3.60. The zero-order valence-corrected chi connectivity index (χ0v) is 9.83. The number of aromatic nitrogens is 4. The number of fused-ring (bicyclic) bond motifs is 1. The highest BCUT2D eigenvalue weighted by molar-refractivity contribution is 5.62. The van der Waals surface area contributed by atoms with E-state index in [0.29, 0.717) is 0 Å². The molecular weight excluding hydrogens is 224 g/mol. The summed E-state index contributed by atoms with van der Waals surface area (Å²) in [5, 5.41) is 4.35. The van der Waals surface area contributed by atoms with Crippen molar-refractivity contribution in [2.45, 2.75) is 6.92 Å². The van der Waals surface area contributed by atoms with Gasteiger partial charge >= 0.3 is 0 Å². The van der Waals surface area contributed by atoms with Gasteiger partial charge in [-0.2, -0.15) is 5.10 Å². The van der Waals surface area contributed by atoms with E-state index in [1.54, 1.807) is 23.8 Å². The zero-order valence-electron chi connectivity index (χ0n) is 9.83. The van der Waals surface area contributed by atoms with Crippen molar-refractivity contribution in [1.82, 2.24) is 19.6 Å². The first-order valence-corrected chi connectivity index (χ1v) is 5.55. The molecule has 0 aliphatic heterocycles. The summed E-state index contributed by atoms with van der Waals surface area (Å²) in [6.45, 7) is 1.79. The molecule has 3 aromatic rings. The molecule has 3 heterocycles. The Balaban J connectivity index is 2.13. The maximum Gasteiger partial charge on any atom is 0.156 e.